The van der Waals surface area contributed by atoms with Gasteiger partial charge in [0.15, 0.2) is 11.4 Å². The van der Waals surface area contributed by atoms with Crippen LogP contribution >= 0.6 is 0 Å². The van der Waals surface area contributed by atoms with Gasteiger partial charge in [0, 0.05) is 92.9 Å². The fourth-order valence-corrected chi connectivity index (χ4v) is 13.2. The largest absolute Gasteiger partial charge is 0.489 e. The fourth-order valence-electron chi connectivity index (χ4n) is 12.2. The van der Waals surface area contributed by atoms with E-state index in [9.17, 15) is 23.3 Å². The minimum atomic E-state index is -4.66. The van der Waals surface area contributed by atoms with Gasteiger partial charge in [0.25, 0.3) is 21.6 Å². The van der Waals surface area contributed by atoms with E-state index >= 15 is 0 Å². The highest BCUT2D eigenvalue weighted by molar-refractivity contribution is 7.90. The van der Waals surface area contributed by atoms with Crippen molar-refractivity contribution in [3.05, 3.63) is 106 Å². The SMILES string of the molecule is CC(C)c1ccccc1[C@@H]1CCCN1C1CC2(CCN(c3ccc(C(=O)NS(=O)(=O)c4cc5c(c([N+](=O)[O-])c4)N[C@H](CN4CCN(C6COC6)[C@H](C)C4)CO5)c(Oc4cnc5[nH]ccc5c4)c3)CC2)C1. The Morgan fingerprint density at radius 1 is 0.986 bits per heavy atom. The molecule has 1 saturated carbocycles. The maximum atomic E-state index is 14.2. The van der Waals surface area contributed by atoms with E-state index in [0.717, 1.165) is 82.5 Å². The number of amides is 1. The maximum Gasteiger partial charge on any atom is 0.297 e. The van der Waals surface area contributed by atoms with E-state index in [0.29, 0.717) is 53.4 Å². The van der Waals surface area contributed by atoms with E-state index in [-0.39, 0.29) is 35.4 Å². The van der Waals surface area contributed by atoms with Gasteiger partial charge in [-0.3, -0.25) is 29.6 Å². The van der Waals surface area contributed by atoms with E-state index in [1.807, 2.05) is 12.1 Å². The van der Waals surface area contributed by atoms with Gasteiger partial charge in [-0.05, 0) is 98.7 Å². The number of aromatic amines is 1. The number of nitrogens with zero attached hydrogens (tertiary/aromatic N) is 6. The van der Waals surface area contributed by atoms with E-state index in [1.165, 1.54) is 42.9 Å². The first-order valence-corrected chi connectivity index (χ1v) is 26.5. The molecule has 4 saturated heterocycles. The number of piperidine rings is 1. The molecule has 17 nitrogen and oxygen atoms in total. The van der Waals surface area contributed by atoms with Crippen molar-refractivity contribution in [2.24, 2.45) is 5.41 Å². The summed E-state index contributed by atoms with van der Waals surface area (Å²) >= 11 is 0. The second-order valence-electron chi connectivity index (χ2n) is 20.8. The topological polar surface area (TPSA) is 188 Å². The number of H-pyrrole nitrogens is 1. The summed E-state index contributed by atoms with van der Waals surface area (Å²) in [5.41, 5.74) is 4.39. The average molecular weight is 974 g/mol. The molecule has 3 atom stereocenters. The molecule has 0 bridgehead atoms. The summed E-state index contributed by atoms with van der Waals surface area (Å²) in [5.74, 6) is 0.0755. The van der Waals surface area contributed by atoms with Crippen LogP contribution in [-0.2, 0) is 14.8 Å². The minimum Gasteiger partial charge on any atom is -0.489 e. The van der Waals surface area contributed by atoms with Crippen molar-refractivity contribution < 1.29 is 32.3 Å². The molecule has 1 aliphatic carbocycles. The number of hydrogen-bond donors (Lipinski definition) is 3. The molecule has 3 N–H and O–H groups in total. The Bertz CT molecular complexity index is 2890. The molecule has 11 rings (SSSR count). The molecule has 5 aliphatic heterocycles. The summed E-state index contributed by atoms with van der Waals surface area (Å²) < 4.78 is 48.1. The number of carbonyl (C=O) groups excluding carboxylic acids is 1. The number of piperazine rings is 1. The smallest absolute Gasteiger partial charge is 0.297 e. The number of nitro groups is 1. The highest BCUT2D eigenvalue weighted by atomic mass is 32.2. The van der Waals surface area contributed by atoms with Crippen molar-refractivity contribution in [3.63, 3.8) is 0 Å². The van der Waals surface area contributed by atoms with E-state index in [1.54, 1.807) is 30.6 Å². The maximum absolute atomic E-state index is 14.2. The predicted molar refractivity (Wildman–Crippen MR) is 267 cm³/mol. The summed E-state index contributed by atoms with van der Waals surface area (Å²) in [7, 11) is -4.66. The van der Waals surface area contributed by atoms with Crippen LogP contribution in [0, 0.1) is 15.5 Å². The zero-order valence-electron chi connectivity index (χ0n) is 40.1. The summed E-state index contributed by atoms with van der Waals surface area (Å²) in [5, 5.41) is 16.6. The zero-order valence-corrected chi connectivity index (χ0v) is 41.0. The second kappa shape index (κ2) is 18.8. The summed E-state index contributed by atoms with van der Waals surface area (Å²) in [6.07, 6.45) is 10.3. The number of benzene rings is 3. The van der Waals surface area contributed by atoms with Crippen molar-refractivity contribution in [3.8, 4) is 17.2 Å². The van der Waals surface area contributed by atoms with Crippen LogP contribution in [0.4, 0.5) is 17.1 Å². The molecule has 5 aromatic rings. The number of sulfonamides is 1. The lowest BCUT2D eigenvalue weighted by Crippen LogP contribution is -2.61. The number of pyridine rings is 1. The van der Waals surface area contributed by atoms with E-state index < -0.39 is 31.4 Å². The van der Waals surface area contributed by atoms with E-state index in [2.05, 4.69) is 84.6 Å². The lowest BCUT2D eigenvalue weighted by atomic mass is 9.59. The van der Waals surface area contributed by atoms with Crippen LogP contribution in [0.15, 0.2) is 84.0 Å². The Balaban J connectivity index is 0.781. The number of hydrogen-bond acceptors (Lipinski definition) is 14. The molecule has 1 spiro atoms. The lowest BCUT2D eigenvalue weighted by molar-refractivity contribution is -0.384. The van der Waals surface area contributed by atoms with Gasteiger partial charge in [-0.25, -0.2) is 18.1 Å². The number of nitrogens with one attached hydrogen (secondary N) is 3. The Labute approximate surface area is 409 Å². The molecular weight excluding hydrogens is 911 g/mol. The average Bonchev–Trinajstić information content (AvgIpc) is 4.01. The standard InChI is InChI=1S/C52H63N9O8S/c1-33(2)42-7-4-5-8-43(42)45-9-6-16-60(45)38-25-52(26-38)13-17-58(18-14-52)37-10-11-44(47(22-37)69-40-21-35-12-15-53-50(35)54-27-40)51(62)56-70(65,66)41-23-46(61(63)64)49-48(24-41)68-30-36(55-49)29-57-19-20-59(34(3)28-57)39-31-67-32-39/h4-5,7-8,10-12,15,21-24,27,33-34,36,38-39,45,55H,6,9,13-14,16-20,25-26,28-32H2,1-3H3,(H,53,54)(H,56,62)/t34-,36-,45+/m1/s1. The molecule has 5 fully saturated rings. The lowest BCUT2D eigenvalue weighted by Gasteiger charge is -2.56. The van der Waals surface area contributed by atoms with Crippen molar-refractivity contribution in [1.82, 2.24) is 29.4 Å². The van der Waals surface area contributed by atoms with Gasteiger partial charge >= 0.3 is 0 Å². The number of rotatable bonds is 13. The number of ether oxygens (including phenoxy) is 3. The van der Waals surface area contributed by atoms with Gasteiger partial charge in [0.1, 0.15) is 23.8 Å². The first-order valence-electron chi connectivity index (χ1n) is 25.0. The Morgan fingerprint density at radius 3 is 2.56 bits per heavy atom. The van der Waals surface area contributed by atoms with Gasteiger partial charge in [0.05, 0.1) is 46.9 Å². The van der Waals surface area contributed by atoms with Gasteiger partial charge in [-0.2, -0.15) is 0 Å². The number of nitro benzene ring substituents is 1. The van der Waals surface area contributed by atoms with Crippen LogP contribution in [0.3, 0.4) is 0 Å². The molecule has 18 heteroatoms. The Hall–Kier alpha value is -5.79. The molecule has 0 unspecified atom stereocenters. The second-order valence-corrected chi connectivity index (χ2v) is 22.5. The van der Waals surface area contributed by atoms with Crippen LogP contribution in [0.2, 0.25) is 0 Å². The Kier molecular flexibility index (Phi) is 12.5. The van der Waals surface area contributed by atoms with Crippen molar-refractivity contribution in [2.75, 3.05) is 75.9 Å². The van der Waals surface area contributed by atoms with Crippen LogP contribution in [0.5, 0.6) is 17.2 Å². The molecule has 70 heavy (non-hydrogen) atoms. The van der Waals surface area contributed by atoms with Crippen LogP contribution in [0.1, 0.15) is 92.7 Å². The first-order chi connectivity index (χ1) is 33.8. The summed E-state index contributed by atoms with van der Waals surface area (Å²) in [6, 6.07) is 21.6. The monoisotopic (exact) mass is 973 g/mol. The molecule has 7 heterocycles. The highest BCUT2D eigenvalue weighted by Crippen LogP contribution is 2.54. The van der Waals surface area contributed by atoms with Gasteiger partial charge in [-0.1, -0.05) is 38.1 Å². The first kappa shape index (κ1) is 46.6. The minimum absolute atomic E-state index is 0.0239. The van der Waals surface area contributed by atoms with Crippen LogP contribution < -0.4 is 24.4 Å². The summed E-state index contributed by atoms with van der Waals surface area (Å²) in [6.45, 7) is 14.5. The number of anilines is 2. The van der Waals surface area contributed by atoms with Gasteiger partial charge in [0.2, 0.25) is 0 Å². The van der Waals surface area contributed by atoms with Gasteiger partial charge < -0.3 is 29.4 Å². The zero-order chi connectivity index (χ0) is 48.3. The quantitative estimate of drug-likeness (QED) is 0.0771. The number of aromatic nitrogens is 2. The predicted octanol–water partition coefficient (Wildman–Crippen LogP) is 7.67. The normalized spacial score (nSPS) is 23.4. The third-order valence-electron chi connectivity index (χ3n) is 16.0. The molecule has 0 radical (unpaired) electrons. The molecule has 6 aliphatic rings. The third-order valence-corrected chi connectivity index (χ3v) is 17.3. The van der Waals surface area contributed by atoms with Crippen molar-refractivity contribution in [2.45, 2.75) is 100 Å². The molecule has 2 aromatic heterocycles. The van der Waals surface area contributed by atoms with Crippen molar-refractivity contribution >= 4 is 44.0 Å². The molecule has 370 valence electrons. The van der Waals surface area contributed by atoms with E-state index in [4.69, 9.17) is 14.2 Å². The molecule has 1 amide bonds. The van der Waals surface area contributed by atoms with Gasteiger partial charge in [-0.15, -0.1) is 0 Å². The number of likely N-dealkylation sites (tertiary alicyclic amines) is 1. The third kappa shape index (κ3) is 9.08. The Morgan fingerprint density at radius 2 is 1.80 bits per heavy atom. The van der Waals surface area contributed by atoms with Crippen molar-refractivity contribution in [1.29, 1.82) is 0 Å². The fraction of sp³-hybridized carbons (Fsp3) is 0.500. The molecular formula is C52H63N9O8S. The van der Waals surface area contributed by atoms with Crippen LogP contribution in [0.25, 0.3) is 11.0 Å². The number of carbonyl (C=O) groups is 1. The van der Waals surface area contributed by atoms with Crippen LogP contribution in [-0.4, -0.2) is 134 Å². The highest BCUT2D eigenvalue weighted by Gasteiger charge is 2.50. The molecule has 3 aromatic carbocycles. The summed E-state index contributed by atoms with van der Waals surface area (Å²) in [4.78, 5) is 43.0. The number of fused-ring (bicyclic) bond motifs is 2.